The van der Waals surface area contributed by atoms with Gasteiger partial charge in [-0.25, -0.2) is 18.4 Å². The zero-order valence-corrected chi connectivity index (χ0v) is 19.5. The molecule has 2 fully saturated rings. The van der Waals surface area contributed by atoms with Gasteiger partial charge in [0, 0.05) is 75.8 Å². The molecule has 2 aliphatic heterocycles. The van der Waals surface area contributed by atoms with Crippen LogP contribution in [-0.4, -0.2) is 77.3 Å². The van der Waals surface area contributed by atoms with Gasteiger partial charge in [0.05, 0.1) is 10.8 Å². The van der Waals surface area contributed by atoms with E-state index >= 15 is 0 Å². The van der Waals surface area contributed by atoms with E-state index in [4.69, 9.17) is 0 Å². The molecular weight excluding hydrogens is 440 g/mol. The van der Waals surface area contributed by atoms with E-state index in [2.05, 4.69) is 14.9 Å². The van der Waals surface area contributed by atoms with Crippen molar-refractivity contribution in [3.8, 4) is 0 Å². The molecule has 9 nitrogen and oxygen atoms in total. The maximum absolute atomic E-state index is 13.4. The molecule has 4 heterocycles. The van der Waals surface area contributed by atoms with Crippen molar-refractivity contribution in [3.05, 3.63) is 48.9 Å². The number of aromatic nitrogens is 3. The van der Waals surface area contributed by atoms with Crippen LogP contribution in [0.2, 0.25) is 0 Å². The maximum Gasteiger partial charge on any atom is 0.243 e. The van der Waals surface area contributed by atoms with Crippen LogP contribution in [0.5, 0.6) is 0 Å². The third kappa shape index (κ3) is 4.20. The first-order valence-electron chi connectivity index (χ1n) is 11.3. The number of hydrogen-bond acceptors (Lipinski definition) is 6. The molecule has 0 bridgehead atoms. The summed E-state index contributed by atoms with van der Waals surface area (Å²) in [6, 6.07) is 8.92. The zero-order chi connectivity index (χ0) is 23.0. The van der Waals surface area contributed by atoms with Gasteiger partial charge in [0.15, 0.2) is 0 Å². The third-order valence-electron chi connectivity index (χ3n) is 6.65. The molecule has 0 N–H and O–H groups in total. The Morgan fingerprint density at radius 3 is 2.55 bits per heavy atom. The summed E-state index contributed by atoms with van der Waals surface area (Å²) in [6.45, 7) is 3.19. The Morgan fingerprint density at radius 1 is 1.03 bits per heavy atom. The van der Waals surface area contributed by atoms with E-state index < -0.39 is 10.0 Å². The van der Waals surface area contributed by atoms with E-state index in [1.54, 1.807) is 30.6 Å². The van der Waals surface area contributed by atoms with Gasteiger partial charge in [-0.05, 0) is 43.2 Å². The molecule has 1 aromatic carbocycles. The first-order valence-corrected chi connectivity index (χ1v) is 12.7. The van der Waals surface area contributed by atoms with Crippen LogP contribution in [0.1, 0.15) is 12.8 Å². The summed E-state index contributed by atoms with van der Waals surface area (Å²) in [6.07, 6.45) is 6.74. The van der Waals surface area contributed by atoms with Crippen molar-refractivity contribution in [3.63, 3.8) is 0 Å². The number of aryl methyl sites for hydroxylation is 1. The first-order chi connectivity index (χ1) is 15.9. The average molecular weight is 469 g/mol. The zero-order valence-electron chi connectivity index (χ0n) is 18.7. The summed E-state index contributed by atoms with van der Waals surface area (Å²) in [5.41, 5.74) is 0.987. The summed E-state index contributed by atoms with van der Waals surface area (Å²) in [5, 5.41) is 0.892. The molecule has 174 valence electrons. The number of fused-ring (bicyclic) bond motifs is 1. The van der Waals surface area contributed by atoms with Gasteiger partial charge in [0.25, 0.3) is 0 Å². The van der Waals surface area contributed by atoms with Crippen molar-refractivity contribution < 1.29 is 13.2 Å². The molecule has 10 heteroatoms. The fraction of sp³-hybridized carbons (Fsp3) is 0.435. The minimum absolute atomic E-state index is 0.0436. The molecular formula is C23H28N6O3S. The number of sulfonamides is 1. The van der Waals surface area contributed by atoms with Gasteiger partial charge in [0.2, 0.25) is 21.9 Å². The first kappa shape index (κ1) is 21.8. The highest BCUT2D eigenvalue weighted by Crippen LogP contribution is 2.27. The Labute approximate surface area is 193 Å². The highest BCUT2D eigenvalue weighted by Gasteiger charge is 2.36. The van der Waals surface area contributed by atoms with E-state index in [0.717, 1.165) is 10.9 Å². The Hall–Kier alpha value is -2.98. The number of piperidine rings is 1. The number of piperazine rings is 1. The Balaban J connectivity index is 1.25. The molecule has 33 heavy (non-hydrogen) atoms. The predicted molar refractivity (Wildman–Crippen MR) is 125 cm³/mol. The smallest absolute Gasteiger partial charge is 0.243 e. The standard InChI is InChI=1S/C23H28N6O3S/c1-26-11-7-18-16-20(5-6-21(18)26)33(31,32)29-10-2-4-19(17-29)22(30)27-12-14-28(15-13-27)23-24-8-3-9-25-23/h3,5-9,11,16,19H,2,4,10,12-15,17H2,1H3/t19-/m1/s1. The van der Waals surface area contributed by atoms with Gasteiger partial charge >= 0.3 is 0 Å². The second-order valence-electron chi connectivity index (χ2n) is 8.71. The van der Waals surface area contributed by atoms with Crippen molar-refractivity contribution >= 4 is 32.8 Å². The van der Waals surface area contributed by atoms with E-state index in [-0.39, 0.29) is 23.3 Å². The van der Waals surface area contributed by atoms with Gasteiger partial charge in [0.1, 0.15) is 0 Å². The molecule has 2 aromatic heterocycles. The van der Waals surface area contributed by atoms with Gasteiger partial charge < -0.3 is 14.4 Å². The minimum Gasteiger partial charge on any atom is -0.351 e. The molecule has 5 rings (SSSR count). The summed E-state index contributed by atoms with van der Waals surface area (Å²) < 4.78 is 30.2. The van der Waals surface area contributed by atoms with Gasteiger partial charge in [-0.1, -0.05) is 0 Å². The van der Waals surface area contributed by atoms with Crippen LogP contribution in [0.4, 0.5) is 5.95 Å². The lowest BCUT2D eigenvalue weighted by Gasteiger charge is -2.38. The number of hydrogen-bond donors (Lipinski definition) is 0. The van der Waals surface area contributed by atoms with Crippen LogP contribution < -0.4 is 4.90 Å². The molecule has 2 aliphatic rings. The van der Waals surface area contributed by atoms with Crippen molar-refractivity contribution in [1.82, 2.24) is 23.7 Å². The van der Waals surface area contributed by atoms with Crippen molar-refractivity contribution in [2.75, 3.05) is 44.2 Å². The lowest BCUT2D eigenvalue weighted by atomic mass is 9.98. The van der Waals surface area contributed by atoms with E-state index in [1.807, 2.05) is 34.8 Å². The summed E-state index contributed by atoms with van der Waals surface area (Å²) >= 11 is 0. The Kier molecular flexibility index (Phi) is 5.79. The number of carbonyl (C=O) groups is 1. The quantitative estimate of drug-likeness (QED) is 0.579. The number of nitrogens with zero attached hydrogens (tertiary/aromatic N) is 6. The molecule has 3 aromatic rings. The molecule has 0 aliphatic carbocycles. The topological polar surface area (TPSA) is 91.6 Å². The van der Waals surface area contributed by atoms with Gasteiger partial charge in [-0.15, -0.1) is 0 Å². The van der Waals surface area contributed by atoms with E-state index in [1.165, 1.54) is 4.31 Å². The summed E-state index contributed by atoms with van der Waals surface area (Å²) in [7, 11) is -1.72. The summed E-state index contributed by atoms with van der Waals surface area (Å²) in [4.78, 5) is 26.0. The van der Waals surface area contributed by atoms with Crippen LogP contribution >= 0.6 is 0 Å². The fourth-order valence-electron chi connectivity index (χ4n) is 4.77. The molecule has 2 saturated heterocycles. The predicted octanol–water partition coefficient (Wildman–Crippen LogP) is 1.72. The van der Waals surface area contributed by atoms with Gasteiger partial charge in [-0.2, -0.15) is 4.31 Å². The average Bonchev–Trinajstić information content (AvgIpc) is 3.24. The Bertz CT molecular complexity index is 1250. The summed E-state index contributed by atoms with van der Waals surface area (Å²) in [5.74, 6) is 0.408. The normalized spacial score (nSPS) is 20.3. The number of carbonyl (C=O) groups excluding carboxylic acids is 1. The molecule has 1 atom stereocenters. The highest BCUT2D eigenvalue weighted by molar-refractivity contribution is 7.89. The SMILES string of the molecule is Cn1ccc2cc(S(=O)(=O)N3CCC[C@@H](C(=O)N4CCN(c5ncccn5)CC4)C3)ccc21. The molecule has 1 amide bonds. The second-order valence-corrected chi connectivity index (χ2v) is 10.6. The monoisotopic (exact) mass is 468 g/mol. The number of anilines is 1. The molecule has 0 saturated carbocycles. The molecule has 0 unspecified atom stereocenters. The lowest BCUT2D eigenvalue weighted by Crippen LogP contribution is -2.53. The second kappa shape index (κ2) is 8.75. The number of benzene rings is 1. The van der Waals surface area contributed by atoms with Crippen LogP contribution in [-0.2, 0) is 21.9 Å². The van der Waals surface area contributed by atoms with Crippen LogP contribution in [0.15, 0.2) is 53.8 Å². The van der Waals surface area contributed by atoms with Crippen LogP contribution in [0.3, 0.4) is 0 Å². The van der Waals surface area contributed by atoms with Crippen LogP contribution in [0.25, 0.3) is 10.9 Å². The highest BCUT2D eigenvalue weighted by atomic mass is 32.2. The fourth-order valence-corrected chi connectivity index (χ4v) is 6.33. The largest absolute Gasteiger partial charge is 0.351 e. The number of amides is 1. The molecule has 0 radical (unpaired) electrons. The number of rotatable bonds is 4. The van der Waals surface area contributed by atoms with Crippen molar-refractivity contribution in [1.29, 1.82) is 0 Å². The minimum atomic E-state index is -3.66. The van der Waals surface area contributed by atoms with Crippen LogP contribution in [0, 0.1) is 5.92 Å². The van der Waals surface area contributed by atoms with Gasteiger partial charge in [-0.3, -0.25) is 4.79 Å². The van der Waals surface area contributed by atoms with Crippen molar-refractivity contribution in [2.24, 2.45) is 13.0 Å². The van der Waals surface area contributed by atoms with Crippen molar-refractivity contribution in [2.45, 2.75) is 17.7 Å². The maximum atomic E-state index is 13.4. The third-order valence-corrected chi connectivity index (χ3v) is 8.52. The van der Waals surface area contributed by atoms with E-state index in [0.29, 0.717) is 51.5 Å². The molecule has 0 spiro atoms. The lowest BCUT2D eigenvalue weighted by molar-refractivity contribution is -0.137. The Morgan fingerprint density at radius 2 is 1.79 bits per heavy atom. The van der Waals surface area contributed by atoms with E-state index in [9.17, 15) is 13.2 Å².